The molecule has 0 fully saturated rings. The van der Waals surface area contributed by atoms with Crippen molar-refractivity contribution >= 4 is 12.1 Å². The largest absolute Gasteiger partial charge is 0.464 e. The molecule has 0 heterocycles. The molecule has 5 nitrogen and oxygen atoms in total. The Bertz CT molecular complexity index is 527. The van der Waals surface area contributed by atoms with Gasteiger partial charge in [0.05, 0.1) is 6.61 Å². The van der Waals surface area contributed by atoms with Gasteiger partial charge in [-0.3, -0.25) is 0 Å². The zero-order valence-corrected chi connectivity index (χ0v) is 15.3. The van der Waals surface area contributed by atoms with Gasteiger partial charge in [0.2, 0.25) is 0 Å². The molecule has 1 N–H and O–H groups in total. The molecule has 0 radical (unpaired) electrons. The van der Waals surface area contributed by atoms with Gasteiger partial charge in [-0.25, -0.2) is 9.59 Å². The zero-order chi connectivity index (χ0) is 21.8. The van der Waals surface area contributed by atoms with E-state index in [-0.39, 0.29) is 12.5 Å². The van der Waals surface area contributed by atoms with Gasteiger partial charge in [0.15, 0.2) is 0 Å². The van der Waals surface area contributed by atoms with E-state index in [1.54, 1.807) is 19.2 Å². The van der Waals surface area contributed by atoms with Gasteiger partial charge < -0.3 is 14.8 Å². The van der Waals surface area contributed by atoms with Crippen molar-refractivity contribution in [2.24, 2.45) is 5.92 Å². The van der Waals surface area contributed by atoms with Crippen LogP contribution >= 0.6 is 0 Å². The Hall–Kier alpha value is -1.75. The second-order valence-corrected chi connectivity index (χ2v) is 7.20. The number of ether oxygens (including phenoxy) is 2. The number of rotatable bonds is 7. The Morgan fingerprint density at radius 2 is 1.44 bits per heavy atom. The number of hydrogen-bond donors (Lipinski definition) is 1. The molecule has 0 aliphatic heterocycles. The van der Waals surface area contributed by atoms with Gasteiger partial charge in [0, 0.05) is 6.42 Å². The molecule has 1 atom stereocenters. The van der Waals surface area contributed by atoms with E-state index < -0.39 is 48.1 Å². The number of amides is 1. The first-order valence-electron chi connectivity index (χ1n) is 7.78. The van der Waals surface area contributed by atoms with Crippen LogP contribution in [0.4, 0.5) is 35.5 Å². The van der Waals surface area contributed by atoms with Crippen molar-refractivity contribution in [3.63, 3.8) is 0 Å². The number of halogens is 7. The second-order valence-electron chi connectivity index (χ2n) is 7.20. The van der Waals surface area contributed by atoms with Crippen molar-refractivity contribution in [3.05, 3.63) is 0 Å². The molecule has 0 rings (SSSR count). The van der Waals surface area contributed by atoms with Crippen LogP contribution in [-0.2, 0) is 14.3 Å². The maximum atomic E-state index is 13.6. The van der Waals surface area contributed by atoms with Crippen LogP contribution in [0.25, 0.3) is 0 Å². The summed E-state index contributed by atoms with van der Waals surface area (Å²) < 4.78 is 99.5. The third-order valence-corrected chi connectivity index (χ3v) is 2.81. The van der Waals surface area contributed by atoms with E-state index in [1.807, 2.05) is 0 Å². The third-order valence-electron chi connectivity index (χ3n) is 2.81. The number of nitrogens with one attached hydrogen (secondary N) is 1. The Labute approximate surface area is 151 Å². The van der Waals surface area contributed by atoms with Crippen LogP contribution in [0.3, 0.4) is 0 Å². The molecule has 0 spiro atoms. The molecule has 0 aromatic heterocycles. The first-order valence-corrected chi connectivity index (χ1v) is 7.78. The van der Waals surface area contributed by atoms with E-state index in [9.17, 15) is 40.3 Å². The first-order chi connectivity index (χ1) is 11.8. The fourth-order valence-corrected chi connectivity index (χ4v) is 1.58. The van der Waals surface area contributed by atoms with Crippen LogP contribution in [-0.4, -0.2) is 48.3 Å². The molecule has 0 aliphatic rings. The van der Waals surface area contributed by atoms with Crippen molar-refractivity contribution in [1.29, 1.82) is 0 Å². The first kappa shape index (κ1) is 25.2. The smallest absolute Gasteiger partial charge is 0.459 e. The van der Waals surface area contributed by atoms with Crippen LogP contribution in [0.15, 0.2) is 0 Å². The van der Waals surface area contributed by atoms with Gasteiger partial charge >= 0.3 is 30.1 Å². The molecule has 0 aromatic rings. The number of carbonyl (C=O) groups excluding carboxylic acids is 2. The minimum atomic E-state index is -6.56. The number of alkyl halides is 7. The van der Waals surface area contributed by atoms with E-state index in [1.165, 1.54) is 20.8 Å². The molecule has 0 saturated heterocycles. The molecular formula is C15H22F7NO4. The summed E-state index contributed by atoms with van der Waals surface area (Å²) in [4.78, 5) is 23.5. The molecule has 0 bridgehead atoms. The highest BCUT2D eigenvalue weighted by Crippen LogP contribution is 2.48. The third kappa shape index (κ3) is 7.79. The highest BCUT2D eigenvalue weighted by molar-refractivity contribution is 5.81. The van der Waals surface area contributed by atoms with E-state index in [0.717, 1.165) is 0 Å². The van der Waals surface area contributed by atoms with Crippen molar-refractivity contribution in [1.82, 2.24) is 5.32 Å². The molecule has 160 valence electrons. The maximum absolute atomic E-state index is 13.6. The highest BCUT2D eigenvalue weighted by atomic mass is 19.4. The monoisotopic (exact) mass is 413 g/mol. The van der Waals surface area contributed by atoms with Gasteiger partial charge in [0.1, 0.15) is 11.6 Å². The molecule has 0 aromatic carbocycles. The zero-order valence-electron chi connectivity index (χ0n) is 15.3. The van der Waals surface area contributed by atoms with E-state index in [2.05, 4.69) is 4.74 Å². The fourth-order valence-electron chi connectivity index (χ4n) is 1.58. The molecule has 1 unspecified atom stereocenters. The molecular weight excluding hydrogens is 391 g/mol. The van der Waals surface area contributed by atoms with Crippen molar-refractivity contribution in [3.8, 4) is 0 Å². The second kappa shape index (κ2) is 8.51. The van der Waals surface area contributed by atoms with Crippen LogP contribution in [0.1, 0.15) is 41.0 Å². The van der Waals surface area contributed by atoms with Crippen molar-refractivity contribution in [2.45, 2.75) is 70.7 Å². The summed E-state index contributed by atoms with van der Waals surface area (Å²) in [6, 6.07) is -2.48. The Morgan fingerprint density at radius 3 is 1.81 bits per heavy atom. The summed E-state index contributed by atoms with van der Waals surface area (Å²) >= 11 is 0. The lowest BCUT2D eigenvalue weighted by atomic mass is 10.0. The molecule has 0 saturated carbocycles. The number of hydrogen-bond acceptors (Lipinski definition) is 4. The highest BCUT2D eigenvalue weighted by Gasteiger charge is 2.73. The number of alkyl carbamates (subject to hydrolysis) is 1. The Kier molecular flexibility index (Phi) is 7.96. The van der Waals surface area contributed by atoms with E-state index in [0.29, 0.717) is 0 Å². The lowest BCUT2D eigenvalue weighted by Crippen LogP contribution is -2.56. The average molecular weight is 413 g/mol. The summed E-state index contributed by atoms with van der Waals surface area (Å²) in [7, 11) is 0. The minimum Gasteiger partial charge on any atom is -0.464 e. The molecule has 12 heteroatoms. The minimum absolute atomic E-state index is 0.284. The Morgan fingerprint density at radius 1 is 0.963 bits per heavy atom. The summed E-state index contributed by atoms with van der Waals surface area (Å²) in [5, 5.41) is 1.56. The maximum Gasteiger partial charge on any atom is 0.459 e. The van der Waals surface area contributed by atoms with Crippen LogP contribution < -0.4 is 5.32 Å². The predicted octanol–water partition coefficient (Wildman–Crippen LogP) is 4.30. The van der Waals surface area contributed by atoms with Gasteiger partial charge in [0.25, 0.3) is 0 Å². The number of carbonyl (C=O) groups is 2. The van der Waals surface area contributed by atoms with Crippen molar-refractivity contribution in [2.75, 3.05) is 6.61 Å². The van der Waals surface area contributed by atoms with Crippen LogP contribution in [0, 0.1) is 5.92 Å². The van der Waals surface area contributed by atoms with Crippen LogP contribution in [0.5, 0.6) is 0 Å². The van der Waals surface area contributed by atoms with Crippen LogP contribution in [0.2, 0.25) is 0 Å². The average Bonchev–Trinajstić information content (AvgIpc) is 2.40. The quantitative estimate of drug-likeness (QED) is 0.499. The van der Waals surface area contributed by atoms with Gasteiger partial charge in [-0.05, 0) is 26.7 Å². The summed E-state index contributed by atoms with van der Waals surface area (Å²) in [5.41, 5.74) is -1.14. The topological polar surface area (TPSA) is 64.6 Å². The molecule has 27 heavy (non-hydrogen) atoms. The Balaban J connectivity index is 5.52. The van der Waals surface area contributed by atoms with Gasteiger partial charge in [-0.1, -0.05) is 13.8 Å². The summed E-state index contributed by atoms with van der Waals surface area (Å²) in [5.74, 6) is -14.0. The van der Waals surface area contributed by atoms with Crippen molar-refractivity contribution < 1.29 is 49.8 Å². The standard InChI is InChI=1S/C15H22F7NO4/c1-8(2)7-26-10(24)9(23-11(25)27-12(3,4)5)6-13(16,17)14(18,19)15(20,21)22/h8-9H,6-7H2,1-5H3,(H,23,25). The summed E-state index contributed by atoms with van der Waals surface area (Å²) in [6.45, 7) is 6.94. The van der Waals surface area contributed by atoms with E-state index in [4.69, 9.17) is 4.74 Å². The predicted molar refractivity (Wildman–Crippen MR) is 79.5 cm³/mol. The van der Waals surface area contributed by atoms with E-state index >= 15 is 0 Å². The van der Waals surface area contributed by atoms with Gasteiger partial charge in [-0.2, -0.15) is 30.7 Å². The lowest BCUT2D eigenvalue weighted by Gasteiger charge is -2.31. The number of esters is 1. The fraction of sp³-hybridized carbons (Fsp3) is 0.867. The SMILES string of the molecule is CC(C)COC(=O)C(CC(F)(F)C(F)(F)C(F)(F)F)NC(=O)OC(C)(C)C. The molecule has 1 amide bonds. The normalized spacial score (nSPS) is 14.7. The summed E-state index contributed by atoms with van der Waals surface area (Å²) in [6.07, 6.45) is -10.4. The lowest BCUT2D eigenvalue weighted by molar-refractivity contribution is -0.356. The van der Waals surface area contributed by atoms with Gasteiger partial charge in [-0.15, -0.1) is 0 Å². The molecule has 0 aliphatic carbocycles.